The van der Waals surface area contributed by atoms with Crippen LogP contribution in [-0.4, -0.2) is 67.0 Å². The minimum Gasteiger partial charge on any atom is -0.492 e. The number of hydrogen-bond acceptors (Lipinski definition) is 4. The number of nitrogens with zero attached hydrogens (tertiary/aromatic N) is 2. The van der Waals surface area contributed by atoms with Gasteiger partial charge in [0.15, 0.2) is 0 Å². The fourth-order valence-electron chi connectivity index (χ4n) is 5.83. The SMILES string of the molecule is CC(=O)N1CC2CC(c3cccc(CCCOc4cc(F)ccc4Br)c3)=C(C(=O)N(C)CCc3ccccc3)C(C1)N2. The number of nitrogens with one attached hydrogen (secondary N) is 1. The van der Waals surface area contributed by atoms with Crippen LogP contribution in [0.1, 0.15) is 36.5 Å². The molecule has 1 N–H and O–H groups in total. The molecule has 8 heteroatoms. The fraction of sp³-hybridized carbons (Fsp3) is 0.353. The highest BCUT2D eigenvalue weighted by atomic mass is 79.9. The van der Waals surface area contributed by atoms with Gasteiger partial charge in [0.2, 0.25) is 5.91 Å². The van der Waals surface area contributed by atoms with E-state index in [1.807, 2.05) is 41.1 Å². The molecule has 220 valence electrons. The number of aryl methyl sites for hydroxylation is 1. The van der Waals surface area contributed by atoms with Crippen molar-refractivity contribution in [3.8, 4) is 5.75 Å². The number of fused-ring (bicyclic) bond motifs is 2. The van der Waals surface area contributed by atoms with E-state index in [9.17, 15) is 14.0 Å². The van der Waals surface area contributed by atoms with Gasteiger partial charge >= 0.3 is 0 Å². The van der Waals surface area contributed by atoms with E-state index in [-0.39, 0.29) is 29.7 Å². The van der Waals surface area contributed by atoms with Crippen LogP contribution in [0.3, 0.4) is 0 Å². The number of piperazine rings is 1. The van der Waals surface area contributed by atoms with Gasteiger partial charge in [-0.1, -0.05) is 54.6 Å². The summed E-state index contributed by atoms with van der Waals surface area (Å²) >= 11 is 3.41. The van der Waals surface area contributed by atoms with Gasteiger partial charge in [0.1, 0.15) is 11.6 Å². The van der Waals surface area contributed by atoms with Crippen molar-refractivity contribution in [3.63, 3.8) is 0 Å². The summed E-state index contributed by atoms with van der Waals surface area (Å²) in [6, 6.07) is 22.9. The summed E-state index contributed by atoms with van der Waals surface area (Å²) in [6.07, 6.45) is 3.00. The molecule has 2 unspecified atom stereocenters. The Labute approximate surface area is 255 Å². The van der Waals surface area contributed by atoms with E-state index in [0.29, 0.717) is 38.4 Å². The van der Waals surface area contributed by atoms with Crippen molar-refractivity contribution in [3.05, 3.63) is 105 Å². The fourth-order valence-corrected chi connectivity index (χ4v) is 6.19. The van der Waals surface area contributed by atoms with E-state index < -0.39 is 0 Å². The van der Waals surface area contributed by atoms with Crippen LogP contribution in [-0.2, 0) is 22.4 Å². The number of carbonyl (C=O) groups excluding carboxylic acids is 2. The third-order valence-electron chi connectivity index (χ3n) is 8.04. The number of likely N-dealkylation sites (N-methyl/N-ethyl adjacent to an activating group) is 1. The third-order valence-corrected chi connectivity index (χ3v) is 8.70. The van der Waals surface area contributed by atoms with Crippen LogP contribution in [0.15, 0.2) is 82.8 Å². The quantitative estimate of drug-likeness (QED) is 0.293. The second-order valence-corrected chi connectivity index (χ2v) is 12.0. The Morgan fingerprint density at radius 2 is 1.81 bits per heavy atom. The van der Waals surface area contributed by atoms with Crippen molar-refractivity contribution in [1.29, 1.82) is 0 Å². The van der Waals surface area contributed by atoms with Gasteiger partial charge in [-0.15, -0.1) is 0 Å². The zero-order valence-corrected chi connectivity index (χ0v) is 25.7. The number of halogens is 2. The number of ether oxygens (including phenoxy) is 1. The van der Waals surface area contributed by atoms with Crippen LogP contribution in [0.2, 0.25) is 0 Å². The number of rotatable bonds is 10. The normalized spacial score (nSPS) is 18.1. The van der Waals surface area contributed by atoms with Gasteiger partial charge in [-0.2, -0.15) is 0 Å². The summed E-state index contributed by atoms with van der Waals surface area (Å²) in [7, 11) is 1.86. The molecule has 3 aromatic rings. The first kappa shape index (κ1) is 30.0. The largest absolute Gasteiger partial charge is 0.492 e. The zero-order chi connectivity index (χ0) is 29.6. The molecule has 0 aromatic heterocycles. The van der Waals surface area contributed by atoms with Crippen LogP contribution < -0.4 is 10.1 Å². The lowest BCUT2D eigenvalue weighted by atomic mass is 9.82. The Kier molecular flexibility index (Phi) is 9.75. The van der Waals surface area contributed by atoms with Gasteiger partial charge in [-0.3, -0.25) is 9.59 Å². The molecule has 2 atom stereocenters. The summed E-state index contributed by atoms with van der Waals surface area (Å²) in [4.78, 5) is 30.0. The molecule has 6 nitrogen and oxygen atoms in total. The van der Waals surface area contributed by atoms with E-state index in [1.54, 1.807) is 13.0 Å². The first-order valence-electron chi connectivity index (χ1n) is 14.5. The first-order valence-corrected chi connectivity index (χ1v) is 15.3. The first-order chi connectivity index (χ1) is 20.3. The van der Waals surface area contributed by atoms with Crippen molar-refractivity contribution in [2.24, 2.45) is 0 Å². The average Bonchev–Trinajstić information content (AvgIpc) is 2.99. The predicted molar refractivity (Wildman–Crippen MR) is 167 cm³/mol. The lowest BCUT2D eigenvalue weighted by Crippen LogP contribution is -2.61. The molecule has 2 amide bonds. The molecule has 5 rings (SSSR count). The van der Waals surface area contributed by atoms with Crippen molar-refractivity contribution >= 4 is 33.3 Å². The second-order valence-electron chi connectivity index (χ2n) is 11.1. The smallest absolute Gasteiger partial charge is 0.251 e. The standard InChI is InChI=1S/C34H37BrFN3O3/c1-23(40)39-21-28-20-29(33(31(22-39)37-28)34(41)38(2)16-15-24-8-4-3-5-9-24)26-12-6-10-25(18-26)11-7-17-42-32-19-27(36)13-14-30(32)35/h3-6,8-10,12-14,18-19,28,31,37H,7,11,15-17,20-22H2,1-2H3. The van der Waals surface area contributed by atoms with Crippen LogP contribution in [0.25, 0.3) is 5.57 Å². The Morgan fingerprint density at radius 1 is 1.02 bits per heavy atom. The number of hydrogen-bond donors (Lipinski definition) is 1. The van der Waals surface area contributed by atoms with Crippen LogP contribution in [0.5, 0.6) is 5.75 Å². The van der Waals surface area contributed by atoms with Gasteiger partial charge in [0, 0.05) is 51.3 Å². The average molecular weight is 635 g/mol. The van der Waals surface area contributed by atoms with Gasteiger partial charge < -0.3 is 19.9 Å². The van der Waals surface area contributed by atoms with E-state index in [2.05, 4.69) is 51.6 Å². The molecule has 0 saturated carbocycles. The molecular formula is C34H37BrFN3O3. The highest BCUT2D eigenvalue weighted by molar-refractivity contribution is 9.10. The number of amides is 2. The maximum Gasteiger partial charge on any atom is 0.251 e. The minimum absolute atomic E-state index is 0.00163. The zero-order valence-electron chi connectivity index (χ0n) is 24.1. The minimum atomic E-state index is -0.330. The van der Waals surface area contributed by atoms with Crippen LogP contribution in [0, 0.1) is 5.82 Å². The summed E-state index contributed by atoms with van der Waals surface area (Å²) < 4.78 is 20.1. The number of carbonyl (C=O) groups is 2. The van der Waals surface area contributed by atoms with E-state index in [1.165, 1.54) is 17.7 Å². The molecule has 1 fully saturated rings. The molecule has 2 bridgehead atoms. The van der Waals surface area contributed by atoms with Crippen LogP contribution in [0.4, 0.5) is 4.39 Å². The van der Waals surface area contributed by atoms with E-state index in [4.69, 9.17) is 4.74 Å². The van der Waals surface area contributed by atoms with Crippen molar-refractivity contribution < 1.29 is 18.7 Å². The van der Waals surface area contributed by atoms with Gasteiger partial charge in [-0.25, -0.2) is 4.39 Å². The van der Waals surface area contributed by atoms with E-state index >= 15 is 0 Å². The molecule has 3 aromatic carbocycles. The molecule has 2 aliphatic rings. The Morgan fingerprint density at radius 3 is 2.60 bits per heavy atom. The maximum atomic E-state index is 14.0. The summed E-state index contributed by atoms with van der Waals surface area (Å²) in [5.41, 5.74) is 5.21. The molecule has 0 radical (unpaired) electrons. The summed E-state index contributed by atoms with van der Waals surface area (Å²) in [5, 5.41) is 3.63. The second kappa shape index (κ2) is 13.7. The van der Waals surface area contributed by atoms with Gasteiger partial charge in [0.25, 0.3) is 5.91 Å². The molecule has 2 aliphatic heterocycles. The summed E-state index contributed by atoms with van der Waals surface area (Å²) in [6.45, 7) is 3.77. The molecule has 0 spiro atoms. The van der Waals surface area contributed by atoms with Gasteiger partial charge in [0.05, 0.1) is 17.1 Å². The maximum absolute atomic E-state index is 14.0. The van der Waals surface area contributed by atoms with Crippen molar-refractivity contribution in [2.45, 2.75) is 44.7 Å². The lowest BCUT2D eigenvalue weighted by Gasteiger charge is -2.44. The molecule has 0 aliphatic carbocycles. The Hall–Kier alpha value is -3.49. The molecule has 1 saturated heterocycles. The summed E-state index contributed by atoms with van der Waals surface area (Å²) in [5.74, 6) is 0.202. The predicted octanol–water partition coefficient (Wildman–Crippen LogP) is 5.65. The molecular weight excluding hydrogens is 597 g/mol. The molecule has 42 heavy (non-hydrogen) atoms. The monoisotopic (exact) mass is 633 g/mol. The van der Waals surface area contributed by atoms with E-state index in [0.717, 1.165) is 46.0 Å². The third kappa shape index (κ3) is 7.28. The highest BCUT2D eigenvalue weighted by Crippen LogP contribution is 2.34. The highest BCUT2D eigenvalue weighted by Gasteiger charge is 2.39. The topological polar surface area (TPSA) is 61.9 Å². The lowest BCUT2D eigenvalue weighted by molar-refractivity contribution is -0.132. The van der Waals surface area contributed by atoms with Crippen molar-refractivity contribution in [1.82, 2.24) is 15.1 Å². The number of benzene rings is 3. The van der Waals surface area contributed by atoms with Crippen LogP contribution >= 0.6 is 15.9 Å². The Bertz CT molecular complexity index is 1460. The van der Waals surface area contributed by atoms with Crippen molar-refractivity contribution in [2.75, 3.05) is 33.3 Å². The Balaban J connectivity index is 1.35. The van der Waals surface area contributed by atoms with Gasteiger partial charge in [-0.05, 0) is 76.0 Å². The molecule has 2 heterocycles.